The summed E-state index contributed by atoms with van der Waals surface area (Å²) in [4.78, 5) is 37.6. The number of anilines is 1. The summed E-state index contributed by atoms with van der Waals surface area (Å²) in [5.41, 5.74) is 0. The highest BCUT2D eigenvalue weighted by Gasteiger charge is 2.46. The molecular weight excluding hydrogens is 304 g/mol. The van der Waals surface area contributed by atoms with Gasteiger partial charge < -0.3 is 5.32 Å². The number of imide groups is 1. The van der Waals surface area contributed by atoms with Gasteiger partial charge in [0.25, 0.3) is 0 Å². The Bertz CT molecular complexity index is 628. The number of amides is 3. The number of likely N-dealkylation sites (tertiary alicyclic amines) is 1. The second kappa shape index (κ2) is 5.96. The minimum atomic E-state index is -0.273. The lowest BCUT2D eigenvalue weighted by Gasteiger charge is -2.14. The second-order valence-electron chi connectivity index (χ2n) is 5.41. The van der Waals surface area contributed by atoms with Gasteiger partial charge in [0.15, 0.2) is 0 Å². The second-order valence-corrected chi connectivity index (χ2v) is 6.59. The van der Waals surface area contributed by atoms with Crippen LogP contribution in [0.2, 0.25) is 0 Å². The minimum Gasteiger partial charge on any atom is -0.300 e. The Balaban J connectivity index is 1.56. The average molecular weight is 320 g/mol. The van der Waals surface area contributed by atoms with Gasteiger partial charge in [-0.2, -0.15) is 0 Å². The van der Waals surface area contributed by atoms with Crippen LogP contribution in [0.5, 0.6) is 0 Å². The largest absolute Gasteiger partial charge is 0.300 e. The maximum atomic E-state index is 12.2. The van der Waals surface area contributed by atoms with Crippen molar-refractivity contribution in [2.24, 2.45) is 11.8 Å². The number of hydrogen-bond donors (Lipinski definition) is 1. The maximum Gasteiger partial charge on any atom is 0.233 e. The van der Waals surface area contributed by atoms with E-state index in [0.717, 1.165) is 5.01 Å². The van der Waals surface area contributed by atoms with Crippen LogP contribution in [0.15, 0.2) is 12.2 Å². The van der Waals surface area contributed by atoms with Gasteiger partial charge in [0.1, 0.15) is 5.01 Å². The van der Waals surface area contributed by atoms with E-state index in [1.54, 1.807) is 6.92 Å². The molecule has 1 aromatic heterocycles. The van der Waals surface area contributed by atoms with E-state index in [2.05, 4.69) is 15.5 Å². The normalized spacial score (nSPS) is 23.8. The Morgan fingerprint density at radius 1 is 1.27 bits per heavy atom. The van der Waals surface area contributed by atoms with Gasteiger partial charge in [-0.3, -0.25) is 19.3 Å². The van der Waals surface area contributed by atoms with Crippen molar-refractivity contribution in [3.05, 3.63) is 17.2 Å². The quantitative estimate of drug-likeness (QED) is 0.663. The Labute approximate surface area is 131 Å². The Hall–Kier alpha value is -2.09. The highest BCUT2D eigenvalue weighted by molar-refractivity contribution is 7.15. The summed E-state index contributed by atoms with van der Waals surface area (Å²) >= 11 is 1.28. The van der Waals surface area contributed by atoms with Crippen molar-refractivity contribution in [2.75, 3.05) is 11.9 Å². The Kier molecular flexibility index (Phi) is 4.02. The van der Waals surface area contributed by atoms with E-state index in [0.29, 0.717) is 18.0 Å². The number of hydrogen-bond acceptors (Lipinski definition) is 6. The molecule has 0 bridgehead atoms. The summed E-state index contributed by atoms with van der Waals surface area (Å²) in [5.74, 6) is -1.07. The lowest BCUT2D eigenvalue weighted by atomic mass is 9.85. The number of fused-ring (bicyclic) bond motifs is 1. The van der Waals surface area contributed by atoms with Crippen LogP contribution in [0.3, 0.4) is 0 Å². The van der Waals surface area contributed by atoms with E-state index in [1.165, 1.54) is 16.2 Å². The van der Waals surface area contributed by atoms with Crippen LogP contribution in [-0.2, 0) is 14.4 Å². The van der Waals surface area contributed by atoms with E-state index in [1.807, 2.05) is 12.2 Å². The number of carbonyl (C=O) groups excluding carboxylic acids is 3. The van der Waals surface area contributed by atoms with Crippen molar-refractivity contribution < 1.29 is 14.4 Å². The predicted molar refractivity (Wildman–Crippen MR) is 80.0 cm³/mol. The van der Waals surface area contributed by atoms with Crippen molar-refractivity contribution in [3.63, 3.8) is 0 Å². The van der Waals surface area contributed by atoms with E-state index in [4.69, 9.17) is 0 Å². The van der Waals surface area contributed by atoms with Crippen molar-refractivity contribution in [1.29, 1.82) is 0 Å². The molecule has 8 heteroatoms. The number of nitrogens with zero attached hydrogens (tertiary/aromatic N) is 3. The van der Waals surface area contributed by atoms with Gasteiger partial charge in [-0.15, -0.1) is 10.2 Å². The van der Waals surface area contributed by atoms with E-state index < -0.39 is 0 Å². The standard InChI is InChI=1S/C14H16N4O3S/c1-8-16-17-14(22-8)15-11(19)6-7-18-12(20)9-4-2-3-5-10(9)13(18)21/h2-3,9-10H,4-7H2,1H3,(H,15,17,19)/t9-,10-/m1/s1. The SMILES string of the molecule is Cc1nnc(NC(=O)CCN2C(=O)[C@@H]3CC=CC[C@H]3C2=O)s1. The predicted octanol–water partition coefficient (Wildman–Crippen LogP) is 1.13. The fourth-order valence-corrected chi connectivity index (χ4v) is 3.44. The molecule has 0 unspecified atom stereocenters. The van der Waals surface area contributed by atoms with Gasteiger partial charge in [0, 0.05) is 13.0 Å². The zero-order chi connectivity index (χ0) is 15.7. The zero-order valence-corrected chi connectivity index (χ0v) is 12.9. The number of aromatic nitrogens is 2. The first-order valence-corrected chi connectivity index (χ1v) is 7.98. The number of rotatable bonds is 4. The van der Waals surface area contributed by atoms with Gasteiger partial charge in [-0.1, -0.05) is 23.5 Å². The van der Waals surface area contributed by atoms with Crippen molar-refractivity contribution in [1.82, 2.24) is 15.1 Å². The molecule has 1 fully saturated rings. The van der Waals surface area contributed by atoms with Crippen molar-refractivity contribution in [3.8, 4) is 0 Å². The molecule has 1 N–H and O–H groups in total. The topological polar surface area (TPSA) is 92.3 Å². The number of nitrogens with one attached hydrogen (secondary N) is 1. The molecule has 22 heavy (non-hydrogen) atoms. The minimum absolute atomic E-state index is 0.0724. The van der Waals surface area contributed by atoms with Crippen LogP contribution >= 0.6 is 11.3 Å². The van der Waals surface area contributed by atoms with Gasteiger partial charge in [-0.25, -0.2) is 0 Å². The molecule has 2 aliphatic rings. The Morgan fingerprint density at radius 3 is 2.45 bits per heavy atom. The molecule has 0 aromatic carbocycles. The summed E-state index contributed by atoms with van der Waals surface area (Å²) in [6, 6.07) is 0. The maximum absolute atomic E-state index is 12.2. The van der Waals surface area contributed by atoms with Crippen LogP contribution in [0.25, 0.3) is 0 Å². The number of carbonyl (C=O) groups is 3. The van der Waals surface area contributed by atoms with Crippen LogP contribution in [0.1, 0.15) is 24.3 Å². The summed E-state index contributed by atoms with van der Waals surface area (Å²) < 4.78 is 0. The molecule has 3 amide bonds. The van der Waals surface area contributed by atoms with Crippen LogP contribution in [0, 0.1) is 18.8 Å². The van der Waals surface area contributed by atoms with Gasteiger partial charge in [0.2, 0.25) is 22.9 Å². The smallest absolute Gasteiger partial charge is 0.233 e. The van der Waals surface area contributed by atoms with Crippen molar-refractivity contribution in [2.45, 2.75) is 26.2 Å². The van der Waals surface area contributed by atoms with Gasteiger partial charge >= 0.3 is 0 Å². The zero-order valence-electron chi connectivity index (χ0n) is 12.1. The molecule has 1 aliphatic carbocycles. The van der Waals surface area contributed by atoms with Gasteiger partial charge in [0.05, 0.1) is 11.8 Å². The molecule has 1 aliphatic heterocycles. The Morgan fingerprint density at radius 2 is 1.91 bits per heavy atom. The lowest BCUT2D eigenvalue weighted by molar-refractivity contribution is -0.140. The third-order valence-electron chi connectivity index (χ3n) is 3.93. The van der Waals surface area contributed by atoms with Crippen molar-refractivity contribution >= 4 is 34.2 Å². The van der Waals surface area contributed by atoms with E-state index >= 15 is 0 Å². The summed E-state index contributed by atoms with van der Waals surface area (Å²) in [6.07, 6.45) is 5.19. The summed E-state index contributed by atoms with van der Waals surface area (Å²) in [7, 11) is 0. The third kappa shape index (κ3) is 2.78. The molecule has 2 heterocycles. The van der Waals surface area contributed by atoms with Crippen LogP contribution in [0.4, 0.5) is 5.13 Å². The molecule has 1 saturated heterocycles. The number of allylic oxidation sites excluding steroid dienone is 2. The van der Waals surface area contributed by atoms with E-state index in [9.17, 15) is 14.4 Å². The first-order valence-electron chi connectivity index (χ1n) is 7.16. The van der Waals surface area contributed by atoms with Crippen LogP contribution in [-0.4, -0.2) is 39.4 Å². The summed E-state index contributed by atoms with van der Waals surface area (Å²) in [6.45, 7) is 1.92. The highest BCUT2D eigenvalue weighted by Crippen LogP contribution is 2.35. The van der Waals surface area contributed by atoms with Gasteiger partial charge in [-0.05, 0) is 19.8 Å². The monoisotopic (exact) mass is 320 g/mol. The first-order chi connectivity index (χ1) is 10.6. The highest BCUT2D eigenvalue weighted by atomic mass is 32.1. The average Bonchev–Trinajstić information content (AvgIpc) is 3.01. The molecule has 116 valence electrons. The first kappa shape index (κ1) is 14.8. The molecule has 2 atom stereocenters. The fraction of sp³-hybridized carbons (Fsp3) is 0.500. The third-order valence-corrected chi connectivity index (χ3v) is 4.69. The molecule has 0 spiro atoms. The van der Waals surface area contributed by atoms with Crippen LogP contribution < -0.4 is 5.32 Å². The molecule has 0 radical (unpaired) electrons. The molecule has 3 rings (SSSR count). The summed E-state index contributed by atoms with van der Waals surface area (Å²) in [5, 5.41) is 11.4. The fourth-order valence-electron chi connectivity index (χ4n) is 2.83. The molecular formula is C14H16N4O3S. The molecule has 7 nitrogen and oxygen atoms in total. The molecule has 1 aromatic rings. The number of aryl methyl sites for hydroxylation is 1. The lowest BCUT2D eigenvalue weighted by Crippen LogP contribution is -2.34. The van der Waals surface area contributed by atoms with E-state index in [-0.39, 0.29) is 42.5 Å². The molecule has 0 saturated carbocycles.